The Morgan fingerprint density at radius 3 is 2.06 bits per heavy atom. The largest absolute Gasteiger partial charge is 0.484 e. The molecule has 3 aromatic carbocycles. The van der Waals surface area contributed by atoms with Gasteiger partial charge in [0.1, 0.15) is 17.4 Å². The molecule has 1 aliphatic heterocycles. The van der Waals surface area contributed by atoms with Gasteiger partial charge < -0.3 is 19.9 Å². The van der Waals surface area contributed by atoms with Crippen LogP contribution in [0.3, 0.4) is 0 Å². The fourth-order valence-corrected chi connectivity index (χ4v) is 4.34. The third-order valence-corrected chi connectivity index (χ3v) is 6.42. The normalized spacial score (nSPS) is 14.8. The van der Waals surface area contributed by atoms with E-state index >= 15 is 0 Å². The minimum absolute atomic E-state index is 0.00801. The van der Waals surface area contributed by atoms with E-state index in [2.05, 4.69) is 44.3 Å². The number of amides is 1. The highest BCUT2D eigenvalue weighted by Gasteiger charge is 2.26. The van der Waals surface area contributed by atoms with Crippen molar-refractivity contribution in [1.29, 1.82) is 0 Å². The van der Waals surface area contributed by atoms with Crippen molar-refractivity contribution in [2.45, 2.75) is 6.04 Å². The van der Waals surface area contributed by atoms with Gasteiger partial charge in [-0.1, -0.05) is 12.1 Å². The van der Waals surface area contributed by atoms with Crippen molar-refractivity contribution >= 4 is 17.3 Å². The Bertz CT molecular complexity index is 1110. The highest BCUT2D eigenvalue weighted by atomic mass is 19.1. The molecule has 190 valence electrons. The van der Waals surface area contributed by atoms with Crippen LogP contribution in [0, 0.1) is 11.6 Å². The van der Waals surface area contributed by atoms with Crippen molar-refractivity contribution in [3.8, 4) is 5.75 Å². The zero-order valence-electron chi connectivity index (χ0n) is 20.7. The van der Waals surface area contributed by atoms with Gasteiger partial charge in [-0.15, -0.1) is 0 Å². The molecule has 1 amide bonds. The summed E-state index contributed by atoms with van der Waals surface area (Å²) < 4.78 is 31.9. The number of nitrogens with zero attached hydrogens (tertiary/aromatic N) is 3. The van der Waals surface area contributed by atoms with E-state index in [0.29, 0.717) is 12.3 Å². The van der Waals surface area contributed by atoms with Crippen LogP contribution >= 0.6 is 0 Å². The summed E-state index contributed by atoms with van der Waals surface area (Å²) in [6, 6.07) is 20.5. The maximum Gasteiger partial charge on any atom is 0.258 e. The monoisotopic (exact) mass is 494 g/mol. The van der Waals surface area contributed by atoms with E-state index in [1.54, 1.807) is 0 Å². The molecule has 0 aromatic heterocycles. The highest BCUT2D eigenvalue weighted by Crippen LogP contribution is 2.26. The third-order valence-electron chi connectivity index (χ3n) is 6.42. The van der Waals surface area contributed by atoms with Gasteiger partial charge in [0.05, 0.1) is 6.04 Å². The van der Waals surface area contributed by atoms with Crippen molar-refractivity contribution in [2.24, 2.45) is 0 Å². The average molecular weight is 495 g/mol. The molecule has 0 radical (unpaired) electrons. The van der Waals surface area contributed by atoms with Gasteiger partial charge in [-0.3, -0.25) is 9.69 Å². The number of hydrogen-bond donors (Lipinski definition) is 1. The molecule has 0 spiro atoms. The van der Waals surface area contributed by atoms with Crippen molar-refractivity contribution in [3.05, 3.63) is 90.0 Å². The molecular weight excluding hydrogens is 462 g/mol. The minimum Gasteiger partial charge on any atom is -0.484 e. The van der Waals surface area contributed by atoms with Gasteiger partial charge in [-0.05, 0) is 66.2 Å². The van der Waals surface area contributed by atoms with Gasteiger partial charge >= 0.3 is 0 Å². The average Bonchev–Trinajstić information content (AvgIpc) is 2.89. The second-order valence-electron chi connectivity index (χ2n) is 9.05. The van der Waals surface area contributed by atoms with Crippen LogP contribution in [0.5, 0.6) is 5.75 Å². The minimum atomic E-state index is -0.352. The number of halogens is 2. The summed E-state index contributed by atoms with van der Waals surface area (Å²) in [6.07, 6.45) is 0. The van der Waals surface area contributed by atoms with Crippen molar-refractivity contribution in [1.82, 2.24) is 10.2 Å². The Labute approximate surface area is 211 Å². The number of carbonyl (C=O) groups is 1. The van der Waals surface area contributed by atoms with Gasteiger partial charge in [0, 0.05) is 58.2 Å². The second kappa shape index (κ2) is 11.9. The first kappa shape index (κ1) is 25.4. The summed E-state index contributed by atoms with van der Waals surface area (Å²) in [5.74, 6) is -0.384. The molecular formula is C28H32F2N4O2. The number of nitrogens with one attached hydrogen (secondary N) is 1. The Morgan fingerprint density at radius 1 is 0.889 bits per heavy atom. The molecule has 4 rings (SSSR count). The fourth-order valence-electron chi connectivity index (χ4n) is 4.34. The Morgan fingerprint density at radius 2 is 1.47 bits per heavy atom. The van der Waals surface area contributed by atoms with E-state index in [1.165, 1.54) is 36.4 Å². The van der Waals surface area contributed by atoms with E-state index in [9.17, 15) is 13.6 Å². The number of anilines is 2. The molecule has 0 unspecified atom stereocenters. The lowest BCUT2D eigenvalue weighted by Gasteiger charge is -2.40. The van der Waals surface area contributed by atoms with Crippen LogP contribution in [-0.2, 0) is 4.79 Å². The van der Waals surface area contributed by atoms with Crippen LogP contribution in [0.2, 0.25) is 0 Å². The van der Waals surface area contributed by atoms with Crippen molar-refractivity contribution in [3.63, 3.8) is 0 Å². The summed E-state index contributed by atoms with van der Waals surface area (Å²) in [5, 5.41) is 3.00. The van der Waals surface area contributed by atoms with E-state index in [0.717, 1.165) is 43.1 Å². The molecule has 1 N–H and O–H groups in total. The lowest BCUT2D eigenvalue weighted by atomic mass is 10.0. The van der Waals surface area contributed by atoms with Gasteiger partial charge in [-0.2, -0.15) is 0 Å². The summed E-state index contributed by atoms with van der Waals surface area (Å²) in [5.41, 5.74) is 3.24. The predicted molar refractivity (Wildman–Crippen MR) is 139 cm³/mol. The van der Waals surface area contributed by atoms with Gasteiger partial charge in [-0.25, -0.2) is 8.78 Å². The first-order chi connectivity index (χ1) is 17.4. The van der Waals surface area contributed by atoms with Crippen LogP contribution in [0.1, 0.15) is 11.6 Å². The Balaban J connectivity index is 1.39. The number of benzene rings is 3. The number of carbonyl (C=O) groups excluding carboxylic acids is 1. The molecule has 6 nitrogen and oxygen atoms in total. The second-order valence-corrected chi connectivity index (χ2v) is 9.05. The fraction of sp³-hybridized carbons (Fsp3) is 0.321. The topological polar surface area (TPSA) is 48.1 Å². The summed E-state index contributed by atoms with van der Waals surface area (Å²) in [4.78, 5) is 19.2. The van der Waals surface area contributed by atoms with Crippen molar-refractivity contribution in [2.75, 3.05) is 63.2 Å². The number of piperazine rings is 1. The number of ether oxygens (including phenoxy) is 1. The van der Waals surface area contributed by atoms with Crippen LogP contribution in [0.25, 0.3) is 0 Å². The summed E-state index contributed by atoms with van der Waals surface area (Å²) >= 11 is 0. The molecule has 3 aromatic rings. The van der Waals surface area contributed by atoms with E-state index in [4.69, 9.17) is 4.74 Å². The maximum atomic E-state index is 13.3. The van der Waals surface area contributed by atoms with Gasteiger partial charge in [0.25, 0.3) is 5.91 Å². The lowest BCUT2D eigenvalue weighted by Crippen LogP contribution is -2.50. The van der Waals surface area contributed by atoms with Gasteiger partial charge in [0.2, 0.25) is 0 Å². The number of hydrogen-bond acceptors (Lipinski definition) is 5. The molecule has 1 heterocycles. The molecule has 1 fully saturated rings. The molecule has 0 saturated carbocycles. The smallest absolute Gasteiger partial charge is 0.258 e. The first-order valence-electron chi connectivity index (χ1n) is 12.1. The highest BCUT2D eigenvalue weighted by molar-refractivity contribution is 5.77. The van der Waals surface area contributed by atoms with E-state index < -0.39 is 0 Å². The summed E-state index contributed by atoms with van der Waals surface area (Å²) in [6.45, 7) is 3.51. The molecule has 1 atom stereocenters. The zero-order valence-corrected chi connectivity index (χ0v) is 20.7. The van der Waals surface area contributed by atoms with E-state index in [-0.39, 0.29) is 30.2 Å². The van der Waals surface area contributed by atoms with Crippen LogP contribution in [-0.4, -0.2) is 64.2 Å². The first-order valence-corrected chi connectivity index (χ1v) is 12.1. The van der Waals surface area contributed by atoms with E-state index in [1.807, 2.05) is 26.2 Å². The molecule has 0 aliphatic carbocycles. The van der Waals surface area contributed by atoms with Crippen LogP contribution in [0.15, 0.2) is 72.8 Å². The zero-order chi connectivity index (χ0) is 25.5. The van der Waals surface area contributed by atoms with Crippen LogP contribution < -0.4 is 19.9 Å². The SMILES string of the molecule is CN(C)c1ccc([C@@H](CNC(=O)COc2ccc(F)cc2)N2CCN(c3ccc(F)cc3)CC2)cc1. The lowest BCUT2D eigenvalue weighted by molar-refractivity contribution is -0.123. The summed E-state index contributed by atoms with van der Waals surface area (Å²) in [7, 11) is 4.00. The predicted octanol–water partition coefficient (Wildman–Crippen LogP) is 4.09. The van der Waals surface area contributed by atoms with Crippen molar-refractivity contribution < 1.29 is 18.3 Å². The van der Waals surface area contributed by atoms with Crippen LogP contribution in [0.4, 0.5) is 20.2 Å². The molecule has 0 bridgehead atoms. The third kappa shape index (κ3) is 6.73. The standard InChI is InChI=1S/C28H32F2N4O2/c1-32(2)24-9-3-21(4-10-24)27(19-31-28(35)20-36-26-13-7-23(30)8-14-26)34-17-15-33(16-18-34)25-11-5-22(29)6-12-25/h3-14,27H,15-20H2,1-2H3,(H,31,35)/t27-/m1/s1. The molecule has 8 heteroatoms. The Kier molecular flexibility index (Phi) is 8.38. The molecule has 1 aliphatic rings. The number of rotatable bonds is 9. The van der Waals surface area contributed by atoms with Gasteiger partial charge in [0.15, 0.2) is 6.61 Å². The molecule has 36 heavy (non-hydrogen) atoms. The Hall–Kier alpha value is -3.65. The quantitative estimate of drug-likeness (QED) is 0.486. The maximum absolute atomic E-state index is 13.3. The molecule has 1 saturated heterocycles.